The van der Waals surface area contributed by atoms with Gasteiger partial charge in [-0.25, -0.2) is 9.78 Å². The van der Waals surface area contributed by atoms with E-state index in [1.807, 2.05) is 13.8 Å². The average molecular weight is 237 g/mol. The SMILES string of the molecule is CC(C)CC(NC(=O)c1ccc[nH+]c1)C(=O)O. The third-order valence-electron chi connectivity index (χ3n) is 2.28. The van der Waals surface area contributed by atoms with E-state index < -0.39 is 12.0 Å². The van der Waals surface area contributed by atoms with Gasteiger partial charge in [0.25, 0.3) is 5.91 Å². The summed E-state index contributed by atoms with van der Waals surface area (Å²) in [6.07, 6.45) is 3.63. The van der Waals surface area contributed by atoms with Gasteiger partial charge in [-0.15, -0.1) is 0 Å². The molecule has 0 saturated heterocycles. The predicted molar refractivity (Wildman–Crippen MR) is 61.3 cm³/mol. The fraction of sp³-hybridized carbons (Fsp3) is 0.417. The van der Waals surface area contributed by atoms with Crippen molar-refractivity contribution in [1.29, 1.82) is 0 Å². The molecule has 0 aliphatic carbocycles. The van der Waals surface area contributed by atoms with Gasteiger partial charge in [0, 0.05) is 6.07 Å². The van der Waals surface area contributed by atoms with Gasteiger partial charge in [0.1, 0.15) is 11.6 Å². The minimum Gasteiger partial charge on any atom is -0.480 e. The van der Waals surface area contributed by atoms with Crippen LogP contribution in [0.15, 0.2) is 24.5 Å². The first-order valence-corrected chi connectivity index (χ1v) is 5.50. The molecule has 1 unspecified atom stereocenters. The van der Waals surface area contributed by atoms with Gasteiger partial charge in [-0.1, -0.05) is 13.8 Å². The molecular formula is C12H17N2O3+. The minimum absolute atomic E-state index is 0.207. The van der Waals surface area contributed by atoms with Crippen LogP contribution in [0, 0.1) is 5.92 Å². The third kappa shape index (κ3) is 4.22. The van der Waals surface area contributed by atoms with E-state index in [2.05, 4.69) is 10.3 Å². The van der Waals surface area contributed by atoms with Gasteiger partial charge >= 0.3 is 5.97 Å². The van der Waals surface area contributed by atoms with Crippen molar-refractivity contribution in [3.05, 3.63) is 30.1 Å². The Morgan fingerprint density at radius 3 is 2.65 bits per heavy atom. The Bertz CT molecular complexity index is 390. The minimum atomic E-state index is -1.01. The second kappa shape index (κ2) is 5.98. The second-order valence-corrected chi connectivity index (χ2v) is 4.29. The molecule has 1 heterocycles. The maximum Gasteiger partial charge on any atom is 0.326 e. The molecule has 5 heteroatoms. The molecule has 3 N–H and O–H groups in total. The van der Waals surface area contributed by atoms with Crippen LogP contribution >= 0.6 is 0 Å². The molecule has 17 heavy (non-hydrogen) atoms. The number of carboxylic acids is 1. The molecule has 1 rings (SSSR count). The Morgan fingerprint density at radius 2 is 2.18 bits per heavy atom. The van der Waals surface area contributed by atoms with Gasteiger partial charge < -0.3 is 10.4 Å². The van der Waals surface area contributed by atoms with Crippen molar-refractivity contribution in [2.45, 2.75) is 26.3 Å². The molecule has 1 aromatic rings. The number of nitrogens with one attached hydrogen (secondary N) is 2. The van der Waals surface area contributed by atoms with Crippen LogP contribution < -0.4 is 10.3 Å². The van der Waals surface area contributed by atoms with E-state index in [0.717, 1.165) is 0 Å². The molecule has 0 bridgehead atoms. The highest BCUT2D eigenvalue weighted by Crippen LogP contribution is 2.06. The second-order valence-electron chi connectivity index (χ2n) is 4.29. The number of carbonyl (C=O) groups is 2. The van der Waals surface area contributed by atoms with Crippen LogP contribution in [0.1, 0.15) is 30.6 Å². The molecule has 0 aliphatic rings. The van der Waals surface area contributed by atoms with E-state index in [4.69, 9.17) is 5.11 Å². The number of H-pyrrole nitrogens is 1. The van der Waals surface area contributed by atoms with E-state index in [9.17, 15) is 9.59 Å². The molecule has 0 radical (unpaired) electrons. The summed E-state index contributed by atoms with van der Waals surface area (Å²) in [4.78, 5) is 25.5. The van der Waals surface area contributed by atoms with Gasteiger partial charge in [0.15, 0.2) is 12.4 Å². The van der Waals surface area contributed by atoms with Crippen LogP contribution in [-0.2, 0) is 4.79 Å². The third-order valence-corrected chi connectivity index (χ3v) is 2.28. The van der Waals surface area contributed by atoms with Crippen molar-refractivity contribution in [1.82, 2.24) is 5.32 Å². The van der Waals surface area contributed by atoms with Crippen molar-refractivity contribution >= 4 is 11.9 Å². The first-order chi connectivity index (χ1) is 8.00. The lowest BCUT2D eigenvalue weighted by atomic mass is 10.0. The van der Waals surface area contributed by atoms with Crippen LogP contribution in [0.3, 0.4) is 0 Å². The first-order valence-electron chi connectivity index (χ1n) is 5.50. The molecule has 0 spiro atoms. The molecule has 1 amide bonds. The van der Waals surface area contributed by atoms with Gasteiger partial charge in [-0.05, 0) is 18.4 Å². The molecule has 1 atom stereocenters. The van der Waals surface area contributed by atoms with E-state index in [0.29, 0.717) is 12.0 Å². The highest BCUT2D eigenvalue weighted by molar-refractivity contribution is 5.96. The summed E-state index contributed by atoms with van der Waals surface area (Å²) in [6.45, 7) is 3.83. The Hall–Kier alpha value is -1.91. The first kappa shape index (κ1) is 13.2. The normalized spacial score (nSPS) is 12.2. The summed E-state index contributed by atoms with van der Waals surface area (Å²) >= 11 is 0. The summed E-state index contributed by atoms with van der Waals surface area (Å²) in [5, 5.41) is 11.5. The van der Waals surface area contributed by atoms with E-state index in [1.54, 1.807) is 18.3 Å². The smallest absolute Gasteiger partial charge is 0.326 e. The van der Waals surface area contributed by atoms with Crippen molar-refractivity contribution in [3.8, 4) is 0 Å². The maximum absolute atomic E-state index is 11.7. The zero-order valence-electron chi connectivity index (χ0n) is 9.93. The summed E-state index contributed by atoms with van der Waals surface area (Å²) in [7, 11) is 0. The van der Waals surface area contributed by atoms with E-state index >= 15 is 0 Å². The number of carboxylic acid groups (broad SMARTS) is 1. The van der Waals surface area contributed by atoms with Crippen LogP contribution in [0.5, 0.6) is 0 Å². The monoisotopic (exact) mass is 237 g/mol. The highest BCUT2D eigenvalue weighted by Gasteiger charge is 2.22. The van der Waals surface area contributed by atoms with Gasteiger partial charge in [-0.3, -0.25) is 4.79 Å². The van der Waals surface area contributed by atoms with E-state index in [-0.39, 0.29) is 11.8 Å². The van der Waals surface area contributed by atoms with Crippen molar-refractivity contribution in [2.24, 2.45) is 5.92 Å². The van der Waals surface area contributed by atoms with Crippen molar-refractivity contribution in [3.63, 3.8) is 0 Å². The summed E-state index contributed by atoms with van der Waals surface area (Å²) < 4.78 is 0. The fourth-order valence-electron chi connectivity index (χ4n) is 1.47. The van der Waals surface area contributed by atoms with Crippen LogP contribution in [0.2, 0.25) is 0 Å². The van der Waals surface area contributed by atoms with Crippen molar-refractivity contribution < 1.29 is 19.7 Å². The molecule has 5 nitrogen and oxygen atoms in total. The zero-order valence-corrected chi connectivity index (χ0v) is 9.93. The molecule has 92 valence electrons. The number of rotatable bonds is 5. The summed E-state index contributed by atoms with van der Waals surface area (Å²) in [5.74, 6) is -1.18. The number of aromatic nitrogens is 1. The standard InChI is InChI=1S/C12H16N2O3/c1-8(2)6-10(12(16)17)14-11(15)9-4-3-5-13-7-9/h3-5,7-8,10H,6H2,1-2H3,(H,14,15)(H,16,17)/p+1. The van der Waals surface area contributed by atoms with Crippen LogP contribution in [-0.4, -0.2) is 23.0 Å². The number of amides is 1. The van der Waals surface area contributed by atoms with Gasteiger partial charge in [-0.2, -0.15) is 0 Å². The number of aromatic amines is 1. The quantitative estimate of drug-likeness (QED) is 0.792. The zero-order chi connectivity index (χ0) is 12.8. The lowest BCUT2D eigenvalue weighted by molar-refractivity contribution is -0.378. The average Bonchev–Trinajstić information content (AvgIpc) is 2.28. The predicted octanol–water partition coefficient (Wildman–Crippen LogP) is 0.730. The molecule has 1 aromatic heterocycles. The largest absolute Gasteiger partial charge is 0.480 e. The number of carbonyl (C=O) groups excluding carboxylic acids is 1. The molecule has 0 aromatic carbocycles. The maximum atomic E-state index is 11.7. The number of pyridine rings is 1. The summed E-state index contributed by atoms with van der Waals surface area (Å²) in [6, 6.07) is 2.47. The lowest BCUT2D eigenvalue weighted by Crippen LogP contribution is -2.41. The molecular weight excluding hydrogens is 220 g/mol. The Balaban J connectivity index is 2.68. The van der Waals surface area contributed by atoms with Gasteiger partial charge in [0.05, 0.1) is 0 Å². The fourth-order valence-corrected chi connectivity index (χ4v) is 1.47. The topological polar surface area (TPSA) is 80.5 Å². The van der Waals surface area contributed by atoms with Crippen LogP contribution in [0.4, 0.5) is 0 Å². The van der Waals surface area contributed by atoms with Crippen molar-refractivity contribution in [2.75, 3.05) is 0 Å². The van der Waals surface area contributed by atoms with Gasteiger partial charge in [0.2, 0.25) is 0 Å². The lowest BCUT2D eigenvalue weighted by Gasteiger charge is -2.15. The Labute approximate surface area is 99.9 Å². The Morgan fingerprint density at radius 1 is 1.47 bits per heavy atom. The molecule has 0 saturated carbocycles. The summed E-state index contributed by atoms with van der Waals surface area (Å²) in [5.41, 5.74) is 0.419. The number of hydrogen-bond donors (Lipinski definition) is 2. The Kier molecular flexibility index (Phi) is 4.63. The van der Waals surface area contributed by atoms with Crippen LogP contribution in [0.25, 0.3) is 0 Å². The molecule has 0 fully saturated rings. The molecule has 0 aliphatic heterocycles. The number of aliphatic carboxylic acids is 1. The van der Waals surface area contributed by atoms with E-state index in [1.165, 1.54) is 6.20 Å². The highest BCUT2D eigenvalue weighted by atomic mass is 16.4. The number of hydrogen-bond acceptors (Lipinski definition) is 2.